The zero-order valence-corrected chi connectivity index (χ0v) is 12.8. The first-order valence-corrected chi connectivity index (χ1v) is 8.39. The van der Waals surface area contributed by atoms with Crippen LogP contribution in [0.15, 0.2) is 0 Å². The van der Waals surface area contributed by atoms with Crippen LogP contribution in [0.4, 0.5) is 0 Å². The van der Waals surface area contributed by atoms with Gasteiger partial charge in [0.1, 0.15) is 0 Å². The van der Waals surface area contributed by atoms with Gasteiger partial charge in [-0.15, -0.1) is 0 Å². The summed E-state index contributed by atoms with van der Waals surface area (Å²) in [5.74, 6) is 0.648. The molecule has 0 amide bonds. The Morgan fingerprint density at radius 2 is 2.15 bits per heavy atom. The molecule has 1 heterocycles. The molecule has 4 nitrogen and oxygen atoms in total. The maximum absolute atomic E-state index is 9.94. The minimum Gasteiger partial charge on any atom is -0.394 e. The van der Waals surface area contributed by atoms with Crippen molar-refractivity contribution >= 4 is 0 Å². The number of methoxy groups -OCH3 is 1. The summed E-state index contributed by atoms with van der Waals surface area (Å²) in [4.78, 5) is 2.53. The molecule has 3 rings (SSSR count). The summed E-state index contributed by atoms with van der Waals surface area (Å²) >= 11 is 0. The van der Waals surface area contributed by atoms with Crippen molar-refractivity contribution in [2.75, 3.05) is 33.4 Å². The lowest BCUT2D eigenvalue weighted by molar-refractivity contribution is 0.0979. The number of rotatable bonds is 7. The van der Waals surface area contributed by atoms with E-state index in [-0.39, 0.29) is 5.54 Å². The highest BCUT2D eigenvalue weighted by molar-refractivity contribution is 5.03. The Kier molecular flexibility index (Phi) is 4.65. The van der Waals surface area contributed by atoms with Crippen LogP contribution >= 0.6 is 0 Å². The molecule has 0 aromatic carbocycles. The molecule has 1 saturated heterocycles. The summed E-state index contributed by atoms with van der Waals surface area (Å²) in [5, 5.41) is 13.7. The molecule has 2 saturated carbocycles. The third-order valence-corrected chi connectivity index (χ3v) is 5.66. The van der Waals surface area contributed by atoms with Gasteiger partial charge < -0.3 is 20.1 Å². The van der Waals surface area contributed by atoms with Gasteiger partial charge in [-0.25, -0.2) is 0 Å². The molecule has 0 spiro atoms. The third kappa shape index (κ3) is 3.19. The van der Waals surface area contributed by atoms with Crippen molar-refractivity contribution in [3.63, 3.8) is 0 Å². The maximum atomic E-state index is 9.94. The summed E-state index contributed by atoms with van der Waals surface area (Å²) in [5.41, 5.74) is 0.0293. The van der Waals surface area contributed by atoms with Gasteiger partial charge in [0.05, 0.1) is 12.7 Å². The minimum absolute atomic E-state index is 0.0293. The average Bonchev–Trinajstić information content (AvgIpc) is 3.02. The highest BCUT2D eigenvalue weighted by Gasteiger charge is 2.45. The first-order chi connectivity index (χ1) is 9.75. The zero-order chi connectivity index (χ0) is 14.0. The summed E-state index contributed by atoms with van der Waals surface area (Å²) in [6.07, 6.45) is 9.14. The van der Waals surface area contributed by atoms with E-state index >= 15 is 0 Å². The molecule has 0 radical (unpaired) electrons. The summed E-state index contributed by atoms with van der Waals surface area (Å²) in [6, 6.07) is 0.687. The first-order valence-electron chi connectivity index (χ1n) is 8.39. The van der Waals surface area contributed by atoms with Crippen LogP contribution in [0.2, 0.25) is 0 Å². The number of likely N-dealkylation sites (tertiary alicyclic amines) is 1. The molecule has 2 N–H and O–H groups in total. The Morgan fingerprint density at radius 1 is 1.30 bits per heavy atom. The monoisotopic (exact) mass is 282 g/mol. The SMILES string of the molecule is COC1CCN(CCC2CCCC2(CO)NC2CC2)C1. The molecule has 3 fully saturated rings. The van der Waals surface area contributed by atoms with Gasteiger partial charge in [0, 0.05) is 31.8 Å². The van der Waals surface area contributed by atoms with Gasteiger partial charge in [-0.3, -0.25) is 0 Å². The van der Waals surface area contributed by atoms with E-state index in [0.29, 0.717) is 24.7 Å². The highest BCUT2D eigenvalue weighted by Crippen LogP contribution is 2.40. The fraction of sp³-hybridized carbons (Fsp3) is 1.00. The van der Waals surface area contributed by atoms with Crippen molar-refractivity contribution in [1.29, 1.82) is 0 Å². The number of hydrogen-bond donors (Lipinski definition) is 2. The predicted octanol–water partition coefficient (Wildman–Crippen LogP) is 1.38. The van der Waals surface area contributed by atoms with E-state index in [1.807, 2.05) is 7.11 Å². The number of aliphatic hydroxyl groups is 1. The summed E-state index contributed by atoms with van der Waals surface area (Å²) < 4.78 is 5.44. The molecule has 1 aliphatic heterocycles. The normalized spacial score (nSPS) is 38.7. The van der Waals surface area contributed by atoms with Crippen LogP contribution in [0.1, 0.15) is 44.9 Å². The van der Waals surface area contributed by atoms with Gasteiger partial charge in [-0.05, 0) is 51.0 Å². The van der Waals surface area contributed by atoms with Crippen LogP contribution in [0.3, 0.4) is 0 Å². The van der Waals surface area contributed by atoms with Gasteiger partial charge in [-0.2, -0.15) is 0 Å². The second-order valence-corrected chi connectivity index (χ2v) is 7.06. The second kappa shape index (κ2) is 6.30. The molecule has 0 aromatic heterocycles. The van der Waals surface area contributed by atoms with Crippen LogP contribution in [-0.2, 0) is 4.74 Å². The smallest absolute Gasteiger partial charge is 0.0710 e. The fourth-order valence-electron chi connectivity index (χ4n) is 4.17. The Hall–Kier alpha value is -0.160. The van der Waals surface area contributed by atoms with E-state index in [9.17, 15) is 5.11 Å². The number of ether oxygens (including phenoxy) is 1. The molecule has 116 valence electrons. The zero-order valence-electron chi connectivity index (χ0n) is 12.8. The molecule has 3 aliphatic rings. The van der Waals surface area contributed by atoms with Crippen LogP contribution in [0, 0.1) is 5.92 Å². The summed E-state index contributed by atoms with van der Waals surface area (Å²) in [7, 11) is 1.82. The molecule has 4 heteroatoms. The predicted molar refractivity (Wildman–Crippen MR) is 79.8 cm³/mol. The Balaban J connectivity index is 1.50. The number of nitrogens with one attached hydrogen (secondary N) is 1. The third-order valence-electron chi connectivity index (χ3n) is 5.66. The Labute approximate surface area is 122 Å². The molecule has 0 aromatic rings. The van der Waals surface area contributed by atoms with Crippen molar-refractivity contribution in [3.8, 4) is 0 Å². The minimum atomic E-state index is 0.0293. The van der Waals surface area contributed by atoms with E-state index in [4.69, 9.17) is 4.74 Å². The largest absolute Gasteiger partial charge is 0.394 e. The number of hydrogen-bond acceptors (Lipinski definition) is 4. The van der Waals surface area contributed by atoms with Crippen LogP contribution in [-0.4, -0.2) is 61.0 Å². The average molecular weight is 282 g/mol. The van der Waals surface area contributed by atoms with Crippen LogP contribution < -0.4 is 5.32 Å². The van der Waals surface area contributed by atoms with E-state index in [0.717, 1.165) is 13.0 Å². The van der Waals surface area contributed by atoms with E-state index < -0.39 is 0 Å². The second-order valence-electron chi connectivity index (χ2n) is 7.06. The molecule has 3 unspecified atom stereocenters. The molecular formula is C16H30N2O2. The topological polar surface area (TPSA) is 44.7 Å². The lowest BCUT2D eigenvalue weighted by Crippen LogP contribution is -2.53. The van der Waals surface area contributed by atoms with Crippen LogP contribution in [0.25, 0.3) is 0 Å². The highest BCUT2D eigenvalue weighted by atomic mass is 16.5. The molecule has 0 bridgehead atoms. The Bertz CT molecular complexity index is 322. The molecule has 3 atom stereocenters. The van der Waals surface area contributed by atoms with Gasteiger partial charge in [0.2, 0.25) is 0 Å². The van der Waals surface area contributed by atoms with E-state index in [1.165, 1.54) is 51.6 Å². The maximum Gasteiger partial charge on any atom is 0.0710 e. The van der Waals surface area contributed by atoms with Crippen LogP contribution in [0.5, 0.6) is 0 Å². The van der Waals surface area contributed by atoms with Gasteiger partial charge in [0.15, 0.2) is 0 Å². The van der Waals surface area contributed by atoms with E-state index in [2.05, 4.69) is 10.2 Å². The van der Waals surface area contributed by atoms with Gasteiger partial charge in [0.25, 0.3) is 0 Å². The number of nitrogens with zero attached hydrogens (tertiary/aromatic N) is 1. The molecule has 20 heavy (non-hydrogen) atoms. The van der Waals surface area contributed by atoms with Crippen molar-refractivity contribution < 1.29 is 9.84 Å². The quantitative estimate of drug-likeness (QED) is 0.740. The lowest BCUT2D eigenvalue weighted by atomic mass is 9.85. The van der Waals surface area contributed by atoms with Crippen molar-refractivity contribution in [2.24, 2.45) is 5.92 Å². The van der Waals surface area contributed by atoms with Gasteiger partial charge >= 0.3 is 0 Å². The van der Waals surface area contributed by atoms with Crippen molar-refractivity contribution in [3.05, 3.63) is 0 Å². The van der Waals surface area contributed by atoms with Gasteiger partial charge in [-0.1, -0.05) is 6.42 Å². The molecular weight excluding hydrogens is 252 g/mol. The first kappa shape index (κ1) is 14.8. The van der Waals surface area contributed by atoms with E-state index in [1.54, 1.807) is 0 Å². The summed E-state index contributed by atoms with van der Waals surface area (Å²) in [6.45, 7) is 3.74. The van der Waals surface area contributed by atoms with Crippen molar-refractivity contribution in [1.82, 2.24) is 10.2 Å². The lowest BCUT2D eigenvalue weighted by Gasteiger charge is -2.36. The molecule has 2 aliphatic carbocycles. The Morgan fingerprint density at radius 3 is 2.80 bits per heavy atom. The number of aliphatic hydroxyl groups excluding tert-OH is 1. The standard InChI is InChI=1S/C16H30N2O2/c1-20-15-7-10-18(11-15)9-6-13-3-2-8-16(13,12-19)17-14-4-5-14/h13-15,17,19H,2-12H2,1H3. The van der Waals surface area contributed by atoms with Crippen molar-refractivity contribution in [2.45, 2.75) is 62.6 Å². The fourth-order valence-corrected chi connectivity index (χ4v) is 4.17.